The largest absolute Gasteiger partial charge is 0.292 e. The molecular formula is C12H15N3O. The van der Waals surface area contributed by atoms with Crippen LogP contribution in [0.1, 0.15) is 29.8 Å². The maximum absolute atomic E-state index is 12.3. The number of Topliss-reactive ketones (excluding diaryl/α,β-unsaturated/α-hetero) is 1. The molecular weight excluding hydrogens is 202 g/mol. The molecule has 0 N–H and O–H groups in total. The average Bonchev–Trinajstić information content (AvgIpc) is 2.67. The number of ketones is 1. The summed E-state index contributed by atoms with van der Waals surface area (Å²) >= 11 is 0. The van der Waals surface area contributed by atoms with E-state index in [9.17, 15) is 4.79 Å². The van der Waals surface area contributed by atoms with Crippen molar-refractivity contribution in [2.45, 2.75) is 19.3 Å². The number of hydrogen-bond donors (Lipinski definition) is 0. The molecule has 84 valence electrons. The van der Waals surface area contributed by atoms with Crippen LogP contribution in [0.4, 0.5) is 0 Å². The number of nitrogens with zero attached hydrogens (tertiary/aromatic N) is 3. The van der Waals surface area contributed by atoms with Gasteiger partial charge in [-0.15, -0.1) is 5.10 Å². The number of fused-ring (bicyclic) bond motifs is 5. The lowest BCUT2D eigenvalue weighted by atomic mass is 9.99. The molecule has 4 rings (SSSR count). The standard InChI is InChI=1S/C12H15N3O/c1-15-8(5-13-14-15)12(16)11-9-6-2-3-7(4-6)10(9)11/h5-7,9-11H,2-4H2,1H3. The smallest absolute Gasteiger partial charge is 0.186 e. The zero-order valence-corrected chi connectivity index (χ0v) is 9.34. The molecule has 4 heteroatoms. The first-order chi connectivity index (χ1) is 7.77. The Hall–Kier alpha value is -1.19. The number of aryl methyl sites for hydroxylation is 1. The van der Waals surface area contributed by atoms with Gasteiger partial charge in [-0.05, 0) is 42.9 Å². The number of rotatable bonds is 2. The van der Waals surface area contributed by atoms with Crippen molar-refractivity contribution in [2.75, 3.05) is 0 Å². The Bertz CT molecular complexity index is 451. The van der Waals surface area contributed by atoms with Crippen LogP contribution in [0.5, 0.6) is 0 Å². The SMILES string of the molecule is Cn1nncc1C(=O)C1C2C3CCC(C3)C12. The first kappa shape index (κ1) is 8.90. The van der Waals surface area contributed by atoms with E-state index in [4.69, 9.17) is 0 Å². The summed E-state index contributed by atoms with van der Waals surface area (Å²) in [6, 6.07) is 0. The van der Waals surface area contributed by atoms with E-state index in [2.05, 4.69) is 10.3 Å². The third-order valence-corrected chi connectivity index (χ3v) is 5.00. The third kappa shape index (κ3) is 0.931. The van der Waals surface area contributed by atoms with E-state index >= 15 is 0 Å². The van der Waals surface area contributed by atoms with Crippen LogP contribution in [-0.2, 0) is 7.05 Å². The van der Waals surface area contributed by atoms with Crippen molar-refractivity contribution in [1.82, 2.24) is 15.0 Å². The maximum atomic E-state index is 12.3. The lowest BCUT2D eigenvalue weighted by Gasteiger charge is -2.07. The summed E-state index contributed by atoms with van der Waals surface area (Å²) in [5, 5.41) is 7.63. The van der Waals surface area contributed by atoms with Gasteiger partial charge in [0, 0.05) is 13.0 Å². The third-order valence-electron chi connectivity index (χ3n) is 5.00. The highest BCUT2D eigenvalue weighted by atomic mass is 16.1. The van der Waals surface area contributed by atoms with Crippen molar-refractivity contribution in [3.8, 4) is 0 Å². The Labute approximate surface area is 94.0 Å². The van der Waals surface area contributed by atoms with Gasteiger partial charge in [0.2, 0.25) is 0 Å². The zero-order valence-electron chi connectivity index (χ0n) is 9.34. The van der Waals surface area contributed by atoms with Gasteiger partial charge in [-0.25, -0.2) is 4.68 Å². The molecule has 1 aromatic rings. The summed E-state index contributed by atoms with van der Waals surface area (Å²) in [5.74, 6) is 3.72. The Balaban J connectivity index is 1.62. The number of hydrogen-bond acceptors (Lipinski definition) is 3. The normalized spacial score (nSPS) is 43.4. The number of aromatic nitrogens is 3. The molecule has 3 aliphatic rings. The van der Waals surface area contributed by atoms with E-state index in [0.29, 0.717) is 29.2 Å². The average molecular weight is 217 g/mol. The molecule has 4 unspecified atom stereocenters. The summed E-state index contributed by atoms with van der Waals surface area (Å²) < 4.78 is 1.61. The van der Waals surface area contributed by atoms with Gasteiger partial charge in [-0.2, -0.15) is 0 Å². The van der Waals surface area contributed by atoms with Gasteiger partial charge in [0.15, 0.2) is 5.78 Å². The first-order valence-electron chi connectivity index (χ1n) is 6.16. The van der Waals surface area contributed by atoms with Crippen molar-refractivity contribution in [1.29, 1.82) is 0 Å². The van der Waals surface area contributed by atoms with Crippen LogP contribution in [0, 0.1) is 29.6 Å². The van der Waals surface area contributed by atoms with Crippen molar-refractivity contribution < 1.29 is 4.79 Å². The molecule has 0 radical (unpaired) electrons. The first-order valence-corrected chi connectivity index (χ1v) is 6.16. The molecule has 0 aliphatic heterocycles. The fourth-order valence-electron chi connectivity index (χ4n) is 4.36. The molecule has 1 heterocycles. The van der Waals surface area contributed by atoms with Crippen LogP contribution in [0.3, 0.4) is 0 Å². The fourth-order valence-corrected chi connectivity index (χ4v) is 4.36. The molecule has 0 aromatic carbocycles. The summed E-state index contributed by atoms with van der Waals surface area (Å²) in [6.45, 7) is 0. The lowest BCUT2D eigenvalue weighted by Crippen LogP contribution is -2.13. The topological polar surface area (TPSA) is 47.8 Å². The molecule has 3 fully saturated rings. The van der Waals surface area contributed by atoms with E-state index in [1.165, 1.54) is 19.3 Å². The monoisotopic (exact) mass is 217 g/mol. The van der Waals surface area contributed by atoms with Crippen LogP contribution in [0.2, 0.25) is 0 Å². The van der Waals surface area contributed by atoms with E-state index < -0.39 is 0 Å². The predicted octanol–water partition coefficient (Wildman–Crippen LogP) is 1.29. The van der Waals surface area contributed by atoms with Gasteiger partial charge in [0.1, 0.15) is 5.69 Å². The molecule has 0 saturated heterocycles. The lowest BCUT2D eigenvalue weighted by molar-refractivity contribution is 0.0935. The molecule has 0 amide bonds. The van der Waals surface area contributed by atoms with E-state index in [1.807, 2.05) is 0 Å². The van der Waals surface area contributed by atoms with Crippen molar-refractivity contribution >= 4 is 5.78 Å². The molecule has 3 saturated carbocycles. The molecule has 0 spiro atoms. The van der Waals surface area contributed by atoms with Crippen LogP contribution in [-0.4, -0.2) is 20.8 Å². The van der Waals surface area contributed by atoms with Crippen LogP contribution >= 0.6 is 0 Å². The predicted molar refractivity (Wildman–Crippen MR) is 56.6 cm³/mol. The molecule has 4 atom stereocenters. The van der Waals surface area contributed by atoms with Crippen LogP contribution in [0.15, 0.2) is 6.20 Å². The minimum absolute atomic E-state index is 0.291. The highest BCUT2D eigenvalue weighted by Gasteiger charge is 2.67. The molecule has 16 heavy (non-hydrogen) atoms. The Morgan fingerprint density at radius 3 is 2.62 bits per heavy atom. The van der Waals surface area contributed by atoms with Gasteiger partial charge in [-0.3, -0.25) is 4.79 Å². The molecule has 3 aliphatic carbocycles. The summed E-state index contributed by atoms with van der Waals surface area (Å²) in [4.78, 5) is 12.3. The second-order valence-corrected chi connectivity index (χ2v) is 5.62. The summed E-state index contributed by atoms with van der Waals surface area (Å²) in [5.41, 5.74) is 0.693. The Morgan fingerprint density at radius 1 is 1.38 bits per heavy atom. The van der Waals surface area contributed by atoms with Crippen LogP contribution in [0.25, 0.3) is 0 Å². The fraction of sp³-hybridized carbons (Fsp3) is 0.750. The highest BCUT2D eigenvalue weighted by molar-refractivity contribution is 5.98. The molecule has 1 aromatic heterocycles. The van der Waals surface area contributed by atoms with Crippen LogP contribution < -0.4 is 0 Å². The van der Waals surface area contributed by atoms with Crippen molar-refractivity contribution in [3.63, 3.8) is 0 Å². The van der Waals surface area contributed by atoms with E-state index in [0.717, 1.165) is 11.8 Å². The maximum Gasteiger partial charge on any atom is 0.186 e. The second-order valence-electron chi connectivity index (χ2n) is 5.62. The quantitative estimate of drug-likeness (QED) is 0.701. The van der Waals surface area contributed by atoms with E-state index in [1.54, 1.807) is 17.9 Å². The highest BCUT2D eigenvalue weighted by Crippen LogP contribution is 2.69. The number of carbonyl (C=O) groups is 1. The minimum Gasteiger partial charge on any atom is -0.292 e. The van der Waals surface area contributed by atoms with Crippen molar-refractivity contribution in [3.05, 3.63) is 11.9 Å². The van der Waals surface area contributed by atoms with Crippen molar-refractivity contribution in [2.24, 2.45) is 36.6 Å². The van der Waals surface area contributed by atoms with Gasteiger partial charge in [0.05, 0.1) is 6.20 Å². The van der Waals surface area contributed by atoms with Gasteiger partial charge in [0.25, 0.3) is 0 Å². The second kappa shape index (κ2) is 2.73. The summed E-state index contributed by atoms with van der Waals surface area (Å²) in [7, 11) is 1.80. The zero-order chi connectivity index (χ0) is 10.9. The van der Waals surface area contributed by atoms with E-state index in [-0.39, 0.29) is 0 Å². The Kier molecular flexibility index (Phi) is 1.52. The van der Waals surface area contributed by atoms with Gasteiger partial charge < -0.3 is 0 Å². The van der Waals surface area contributed by atoms with Gasteiger partial charge in [-0.1, -0.05) is 5.21 Å². The van der Waals surface area contributed by atoms with Gasteiger partial charge >= 0.3 is 0 Å². The molecule has 4 nitrogen and oxygen atoms in total. The Morgan fingerprint density at radius 2 is 2.06 bits per heavy atom. The minimum atomic E-state index is 0.291. The number of carbonyl (C=O) groups excluding carboxylic acids is 1. The molecule has 2 bridgehead atoms. The summed E-state index contributed by atoms with van der Waals surface area (Å²) in [6.07, 6.45) is 5.72.